The smallest absolute Gasteiger partial charge is 0.425 e. The predicted molar refractivity (Wildman–Crippen MR) is 114 cm³/mol. The van der Waals surface area contributed by atoms with Gasteiger partial charge in [0.15, 0.2) is 11.9 Å². The molecule has 3 aromatic rings. The van der Waals surface area contributed by atoms with E-state index >= 15 is 8.78 Å². The topological polar surface area (TPSA) is 82.2 Å². The summed E-state index contributed by atoms with van der Waals surface area (Å²) in [4.78, 5) is 16.0. The second-order valence-corrected chi connectivity index (χ2v) is 7.39. The Morgan fingerprint density at radius 1 is 1.28 bits per heavy atom. The Morgan fingerprint density at radius 3 is 2.53 bits per heavy atom. The molecule has 0 aliphatic rings. The molecule has 0 fully saturated rings. The highest BCUT2D eigenvalue weighted by Crippen LogP contribution is 2.36. The molecule has 0 saturated heterocycles. The molecule has 2 aromatic heterocycles. The van der Waals surface area contributed by atoms with Crippen LogP contribution in [-0.4, -0.2) is 36.7 Å². The van der Waals surface area contributed by atoms with Crippen molar-refractivity contribution in [3.8, 4) is 11.4 Å². The van der Waals surface area contributed by atoms with Crippen molar-refractivity contribution in [2.45, 2.75) is 45.7 Å². The van der Waals surface area contributed by atoms with E-state index in [4.69, 9.17) is 4.74 Å². The molecule has 0 bridgehead atoms. The van der Waals surface area contributed by atoms with Crippen LogP contribution in [0.1, 0.15) is 42.9 Å². The van der Waals surface area contributed by atoms with Crippen LogP contribution in [0, 0.1) is 5.82 Å². The molecule has 0 unspecified atom stereocenters. The Morgan fingerprint density at radius 2 is 1.97 bits per heavy atom. The maximum Gasteiger partial charge on any atom is 0.425 e. The minimum atomic E-state index is -4.90. The number of aliphatic hydroxyl groups is 1. The van der Waals surface area contributed by atoms with Crippen molar-refractivity contribution < 1.29 is 40.6 Å². The monoisotopic (exact) mass is 520 g/mol. The Kier molecular flexibility index (Phi) is 7.86. The van der Waals surface area contributed by atoms with Gasteiger partial charge in [0, 0.05) is 24.4 Å². The lowest BCUT2D eigenvalue weighted by Gasteiger charge is -2.20. The fourth-order valence-corrected chi connectivity index (χ4v) is 3.22. The average Bonchev–Trinajstić information content (AvgIpc) is 3.14. The Hall–Kier alpha value is -3.68. The quantitative estimate of drug-likeness (QED) is 0.431. The summed E-state index contributed by atoms with van der Waals surface area (Å²) in [6.45, 7) is 1.50. The second-order valence-electron chi connectivity index (χ2n) is 7.39. The molecule has 14 heteroatoms. The first-order valence-corrected chi connectivity index (χ1v) is 10.4. The number of benzene rings is 1. The zero-order valence-electron chi connectivity index (χ0n) is 18.7. The van der Waals surface area contributed by atoms with Crippen LogP contribution in [0.5, 0.6) is 5.75 Å². The lowest BCUT2D eigenvalue weighted by Crippen LogP contribution is -2.31. The van der Waals surface area contributed by atoms with Crippen LogP contribution in [0.3, 0.4) is 0 Å². The van der Waals surface area contributed by atoms with Gasteiger partial charge >= 0.3 is 11.9 Å². The molecule has 1 N–H and O–H groups in total. The SMILES string of the molecule is CCn1c(CO)nn(-c2cc(O[C@@H](C)C(F)(F)F)c(/C(F)=C/c3cccnc3C(F)F)cc2F)c1=O. The number of ether oxygens (including phenoxy) is 1. The van der Waals surface area contributed by atoms with Gasteiger partial charge in [-0.25, -0.2) is 22.4 Å². The summed E-state index contributed by atoms with van der Waals surface area (Å²) in [5, 5.41) is 13.2. The fraction of sp³-hybridized carbons (Fsp3) is 0.318. The summed E-state index contributed by atoms with van der Waals surface area (Å²) in [7, 11) is 0. The van der Waals surface area contributed by atoms with E-state index < -0.39 is 70.9 Å². The van der Waals surface area contributed by atoms with Gasteiger partial charge in [-0.2, -0.15) is 17.9 Å². The van der Waals surface area contributed by atoms with Crippen LogP contribution in [0.25, 0.3) is 17.6 Å². The highest BCUT2D eigenvalue weighted by molar-refractivity contribution is 5.80. The normalized spacial score (nSPS) is 13.4. The number of rotatable bonds is 8. The van der Waals surface area contributed by atoms with Crippen LogP contribution in [-0.2, 0) is 13.2 Å². The van der Waals surface area contributed by atoms with Crippen LogP contribution >= 0.6 is 0 Å². The van der Waals surface area contributed by atoms with E-state index in [1.54, 1.807) is 0 Å². The highest BCUT2D eigenvalue weighted by Gasteiger charge is 2.39. The number of pyridine rings is 1. The van der Waals surface area contributed by atoms with Gasteiger partial charge < -0.3 is 9.84 Å². The number of alkyl halides is 5. The summed E-state index contributed by atoms with van der Waals surface area (Å²) in [5.41, 5.74) is -3.63. The minimum Gasteiger partial charge on any atom is -0.480 e. The minimum absolute atomic E-state index is 0.0395. The molecule has 194 valence electrons. The fourth-order valence-electron chi connectivity index (χ4n) is 3.22. The lowest BCUT2D eigenvalue weighted by molar-refractivity contribution is -0.189. The van der Waals surface area contributed by atoms with Gasteiger partial charge in [-0.05, 0) is 32.1 Å². The van der Waals surface area contributed by atoms with Gasteiger partial charge in [-0.3, -0.25) is 9.55 Å². The number of aliphatic hydroxyl groups excluding tert-OH is 1. The van der Waals surface area contributed by atoms with Gasteiger partial charge in [0.25, 0.3) is 6.43 Å². The van der Waals surface area contributed by atoms with Gasteiger partial charge in [0.05, 0.1) is 5.56 Å². The number of hydrogen-bond donors (Lipinski definition) is 1. The Bertz CT molecular complexity index is 1330. The molecule has 3 rings (SSSR count). The highest BCUT2D eigenvalue weighted by atomic mass is 19.4. The third-order valence-corrected chi connectivity index (χ3v) is 5.06. The molecule has 0 spiro atoms. The van der Waals surface area contributed by atoms with Gasteiger partial charge in [0.1, 0.15) is 35.4 Å². The van der Waals surface area contributed by atoms with Crippen molar-refractivity contribution in [1.29, 1.82) is 0 Å². The summed E-state index contributed by atoms with van der Waals surface area (Å²) in [5.74, 6) is -3.68. The molecule has 1 aromatic carbocycles. The Labute approximate surface area is 199 Å². The van der Waals surface area contributed by atoms with Crippen molar-refractivity contribution >= 4 is 11.9 Å². The van der Waals surface area contributed by atoms with E-state index in [9.17, 15) is 31.9 Å². The summed E-state index contributed by atoms with van der Waals surface area (Å²) < 4.78 is 103. The molecular formula is C22H19F7N4O3. The Balaban J connectivity index is 2.22. The largest absolute Gasteiger partial charge is 0.480 e. The van der Waals surface area contributed by atoms with Crippen LogP contribution in [0.15, 0.2) is 35.3 Å². The number of nitrogens with zero attached hydrogens (tertiary/aromatic N) is 4. The van der Waals surface area contributed by atoms with Crippen molar-refractivity contribution in [3.63, 3.8) is 0 Å². The van der Waals surface area contributed by atoms with E-state index in [1.807, 2.05) is 0 Å². The summed E-state index contributed by atoms with van der Waals surface area (Å²) in [6, 6.07) is 3.40. The summed E-state index contributed by atoms with van der Waals surface area (Å²) in [6.07, 6.45) is -8.89. The zero-order chi connectivity index (χ0) is 26.8. The van der Waals surface area contributed by atoms with E-state index in [0.717, 1.165) is 16.8 Å². The number of halogens is 7. The molecule has 0 aliphatic heterocycles. The first-order valence-electron chi connectivity index (χ1n) is 10.4. The van der Waals surface area contributed by atoms with Crippen LogP contribution in [0.2, 0.25) is 0 Å². The van der Waals surface area contributed by atoms with Gasteiger partial charge in [-0.1, -0.05) is 6.07 Å². The molecule has 0 amide bonds. The van der Waals surface area contributed by atoms with Gasteiger partial charge in [-0.15, -0.1) is 5.10 Å². The third kappa shape index (κ3) is 5.42. The zero-order valence-corrected chi connectivity index (χ0v) is 18.7. The molecule has 7 nitrogen and oxygen atoms in total. The second kappa shape index (κ2) is 10.5. The van der Waals surface area contributed by atoms with Crippen molar-refractivity contribution in [2.75, 3.05) is 0 Å². The lowest BCUT2D eigenvalue weighted by atomic mass is 10.1. The summed E-state index contributed by atoms with van der Waals surface area (Å²) >= 11 is 0. The molecule has 36 heavy (non-hydrogen) atoms. The van der Waals surface area contributed by atoms with Crippen molar-refractivity contribution in [2.24, 2.45) is 0 Å². The number of hydrogen-bond acceptors (Lipinski definition) is 5. The van der Waals surface area contributed by atoms with Crippen molar-refractivity contribution in [3.05, 3.63) is 69.4 Å². The third-order valence-electron chi connectivity index (χ3n) is 5.06. The van der Waals surface area contributed by atoms with Crippen LogP contribution < -0.4 is 10.4 Å². The first kappa shape index (κ1) is 26.9. The maximum atomic E-state index is 15.2. The van der Waals surface area contributed by atoms with E-state index in [0.29, 0.717) is 29.8 Å². The molecule has 2 heterocycles. The first-order chi connectivity index (χ1) is 16.9. The maximum absolute atomic E-state index is 15.2. The molecule has 0 saturated carbocycles. The van der Waals surface area contributed by atoms with E-state index in [-0.39, 0.29) is 12.4 Å². The molecular weight excluding hydrogens is 501 g/mol. The predicted octanol–water partition coefficient (Wildman–Crippen LogP) is 4.82. The van der Waals surface area contributed by atoms with E-state index in [1.165, 1.54) is 13.0 Å². The molecule has 0 aliphatic carbocycles. The van der Waals surface area contributed by atoms with E-state index in [2.05, 4.69) is 10.1 Å². The molecule has 0 radical (unpaired) electrons. The molecule has 1 atom stereocenters. The standard InChI is InChI=1S/C22H19F7N4O3/c1-3-32-18(10-34)31-33(21(32)35)16-9-17(36-11(2)22(27,28)29)13(8-15(16)24)14(23)7-12-5-4-6-30-19(12)20(25)26/h4-9,11,20,34H,3,10H2,1-2H3/b14-7-/t11-/m0/s1. The average molecular weight is 520 g/mol. The van der Waals surface area contributed by atoms with Crippen LogP contribution in [0.4, 0.5) is 30.7 Å². The van der Waals surface area contributed by atoms with Crippen molar-refractivity contribution in [1.82, 2.24) is 19.3 Å². The van der Waals surface area contributed by atoms with Gasteiger partial charge in [0.2, 0.25) is 0 Å². The number of aromatic nitrogens is 4.